The third-order valence-electron chi connectivity index (χ3n) is 5.49. The molecule has 0 spiro atoms. The summed E-state index contributed by atoms with van der Waals surface area (Å²) in [5.41, 5.74) is 0.564. The zero-order valence-electron chi connectivity index (χ0n) is 19.5. The Kier molecular flexibility index (Phi) is 8.94. The molecule has 3 aromatic carbocycles. The van der Waals surface area contributed by atoms with Gasteiger partial charge in [0.15, 0.2) is 0 Å². The molecular formula is C25H24Cl2FN3O4S. The maximum atomic E-state index is 13.6. The predicted octanol–water partition coefficient (Wildman–Crippen LogP) is 4.49. The second kappa shape index (κ2) is 11.7. The number of carbonyl (C=O) groups excluding carboxylic acids is 2. The van der Waals surface area contributed by atoms with Gasteiger partial charge in [0, 0.05) is 13.6 Å². The van der Waals surface area contributed by atoms with Crippen LogP contribution in [0, 0.1) is 5.82 Å². The molecule has 3 aromatic rings. The summed E-state index contributed by atoms with van der Waals surface area (Å²) in [6.07, 6.45) is 0. The van der Waals surface area contributed by atoms with Crippen LogP contribution in [0.25, 0.3) is 0 Å². The van der Waals surface area contributed by atoms with Crippen molar-refractivity contribution in [2.45, 2.75) is 24.4 Å². The lowest BCUT2D eigenvalue weighted by molar-refractivity contribution is -0.139. The second-order valence-electron chi connectivity index (χ2n) is 7.84. The van der Waals surface area contributed by atoms with Crippen molar-refractivity contribution in [2.24, 2.45) is 0 Å². The number of hydrogen-bond donors (Lipinski definition) is 1. The van der Waals surface area contributed by atoms with E-state index in [1.165, 1.54) is 73.5 Å². The monoisotopic (exact) mass is 551 g/mol. The van der Waals surface area contributed by atoms with Crippen molar-refractivity contribution in [1.29, 1.82) is 0 Å². The van der Waals surface area contributed by atoms with E-state index in [0.29, 0.717) is 5.56 Å². The molecule has 0 fully saturated rings. The summed E-state index contributed by atoms with van der Waals surface area (Å²) < 4.78 is 41.6. The molecule has 7 nitrogen and oxygen atoms in total. The highest BCUT2D eigenvalue weighted by Crippen LogP contribution is 2.35. The van der Waals surface area contributed by atoms with E-state index in [9.17, 15) is 22.4 Å². The Morgan fingerprint density at radius 3 is 2.22 bits per heavy atom. The minimum Gasteiger partial charge on any atom is -0.357 e. The first-order valence-electron chi connectivity index (χ1n) is 10.8. The molecule has 0 aromatic heterocycles. The van der Waals surface area contributed by atoms with Gasteiger partial charge in [0.05, 0.1) is 20.6 Å². The van der Waals surface area contributed by atoms with Gasteiger partial charge in [0.1, 0.15) is 18.4 Å². The van der Waals surface area contributed by atoms with E-state index >= 15 is 0 Å². The molecule has 0 unspecified atom stereocenters. The summed E-state index contributed by atoms with van der Waals surface area (Å²) in [5, 5.41) is 2.55. The van der Waals surface area contributed by atoms with Crippen LogP contribution in [0.4, 0.5) is 10.1 Å². The summed E-state index contributed by atoms with van der Waals surface area (Å²) >= 11 is 12.5. The third kappa shape index (κ3) is 6.16. The van der Waals surface area contributed by atoms with Gasteiger partial charge in [0.25, 0.3) is 10.0 Å². The van der Waals surface area contributed by atoms with Crippen molar-refractivity contribution in [2.75, 3.05) is 17.9 Å². The van der Waals surface area contributed by atoms with E-state index in [1.54, 1.807) is 18.2 Å². The molecule has 0 radical (unpaired) electrons. The van der Waals surface area contributed by atoms with Crippen molar-refractivity contribution in [3.05, 3.63) is 94.2 Å². The van der Waals surface area contributed by atoms with E-state index in [2.05, 4.69) is 5.32 Å². The summed E-state index contributed by atoms with van der Waals surface area (Å²) in [7, 11) is -2.83. The van der Waals surface area contributed by atoms with Gasteiger partial charge in [-0.1, -0.05) is 59.6 Å². The zero-order chi connectivity index (χ0) is 26.5. The molecular weight excluding hydrogens is 528 g/mol. The molecule has 2 amide bonds. The van der Waals surface area contributed by atoms with Crippen molar-refractivity contribution in [3.63, 3.8) is 0 Å². The van der Waals surface area contributed by atoms with Gasteiger partial charge in [-0.25, -0.2) is 12.8 Å². The first kappa shape index (κ1) is 27.4. The van der Waals surface area contributed by atoms with E-state index in [0.717, 1.165) is 4.31 Å². The van der Waals surface area contributed by atoms with Crippen LogP contribution in [-0.4, -0.2) is 44.8 Å². The summed E-state index contributed by atoms with van der Waals surface area (Å²) in [6, 6.07) is 16.5. The highest BCUT2D eigenvalue weighted by molar-refractivity contribution is 7.92. The molecule has 1 N–H and O–H groups in total. The number of amides is 2. The van der Waals surface area contributed by atoms with E-state index < -0.39 is 40.2 Å². The molecule has 0 saturated carbocycles. The van der Waals surface area contributed by atoms with Crippen molar-refractivity contribution < 1.29 is 22.4 Å². The highest BCUT2D eigenvalue weighted by atomic mass is 35.5. The van der Waals surface area contributed by atoms with E-state index in [4.69, 9.17) is 23.2 Å². The van der Waals surface area contributed by atoms with E-state index in [1.807, 2.05) is 0 Å². The standard InChI is InChI=1S/C25H24Cl2FN3O4S/c1-17(25(33)29-2)30(15-18-11-13-19(28)14-12-18)23(32)16-31(22-10-6-9-21(26)24(22)27)36(34,35)20-7-4-3-5-8-20/h3-14,17H,15-16H2,1-2H3,(H,29,33)/t17-/m1/s1. The van der Waals surface area contributed by atoms with Crippen LogP contribution in [0.3, 0.4) is 0 Å². The number of likely N-dealkylation sites (N-methyl/N-ethyl adjacent to an activating group) is 1. The second-order valence-corrected chi connectivity index (χ2v) is 10.5. The molecule has 0 bridgehead atoms. The summed E-state index contributed by atoms with van der Waals surface area (Å²) in [5.74, 6) is -1.58. The minimum absolute atomic E-state index is 0.00991. The first-order chi connectivity index (χ1) is 17.1. The van der Waals surface area contributed by atoms with Crippen LogP contribution in [0.15, 0.2) is 77.7 Å². The number of nitrogens with zero attached hydrogens (tertiary/aromatic N) is 2. The van der Waals surface area contributed by atoms with Crippen LogP contribution >= 0.6 is 23.2 Å². The number of hydrogen-bond acceptors (Lipinski definition) is 4. The quantitative estimate of drug-likeness (QED) is 0.424. The molecule has 0 heterocycles. The molecule has 0 aliphatic carbocycles. The van der Waals surface area contributed by atoms with Crippen molar-refractivity contribution in [3.8, 4) is 0 Å². The van der Waals surface area contributed by atoms with Crippen LogP contribution < -0.4 is 9.62 Å². The molecule has 1 atom stereocenters. The Bertz CT molecular complexity index is 1340. The molecule has 3 rings (SSSR count). The zero-order valence-corrected chi connectivity index (χ0v) is 21.8. The fraction of sp³-hybridized carbons (Fsp3) is 0.200. The van der Waals surface area contributed by atoms with Crippen molar-refractivity contribution >= 4 is 50.7 Å². The van der Waals surface area contributed by atoms with Crippen LogP contribution in [0.5, 0.6) is 0 Å². The number of sulfonamides is 1. The van der Waals surface area contributed by atoms with Gasteiger partial charge in [-0.2, -0.15) is 0 Å². The molecule has 0 aliphatic rings. The maximum absolute atomic E-state index is 13.6. The SMILES string of the molecule is CNC(=O)[C@@H](C)N(Cc1ccc(F)cc1)C(=O)CN(c1cccc(Cl)c1Cl)S(=O)(=O)c1ccccc1. The van der Waals surface area contributed by atoms with Gasteiger partial charge in [-0.3, -0.25) is 13.9 Å². The Balaban J connectivity index is 2.06. The van der Waals surface area contributed by atoms with Gasteiger partial charge >= 0.3 is 0 Å². The minimum atomic E-state index is -4.26. The lowest BCUT2D eigenvalue weighted by atomic mass is 10.1. The average Bonchev–Trinajstić information content (AvgIpc) is 2.88. The molecule has 36 heavy (non-hydrogen) atoms. The largest absolute Gasteiger partial charge is 0.357 e. The lowest BCUT2D eigenvalue weighted by Crippen LogP contribution is -2.50. The van der Waals surface area contributed by atoms with Gasteiger partial charge < -0.3 is 10.2 Å². The topological polar surface area (TPSA) is 86.8 Å². The first-order valence-corrected chi connectivity index (χ1v) is 13.0. The van der Waals surface area contributed by atoms with Gasteiger partial charge in [0.2, 0.25) is 11.8 Å². The number of carbonyl (C=O) groups is 2. The fourth-order valence-electron chi connectivity index (χ4n) is 3.50. The Labute approximate surface area is 219 Å². The number of benzene rings is 3. The molecule has 0 aliphatic heterocycles. The van der Waals surface area contributed by atoms with Crippen LogP contribution in [0.2, 0.25) is 10.0 Å². The Morgan fingerprint density at radius 2 is 1.61 bits per heavy atom. The Hall–Kier alpha value is -3.14. The van der Waals surface area contributed by atoms with E-state index in [-0.39, 0.29) is 27.2 Å². The molecule has 11 heteroatoms. The molecule has 0 saturated heterocycles. The normalized spacial score (nSPS) is 12.0. The lowest BCUT2D eigenvalue weighted by Gasteiger charge is -2.32. The smallest absolute Gasteiger partial charge is 0.264 e. The Morgan fingerprint density at radius 1 is 0.972 bits per heavy atom. The molecule has 190 valence electrons. The third-order valence-corrected chi connectivity index (χ3v) is 8.07. The fourth-order valence-corrected chi connectivity index (χ4v) is 5.39. The summed E-state index contributed by atoms with van der Waals surface area (Å²) in [4.78, 5) is 27.2. The highest BCUT2D eigenvalue weighted by Gasteiger charge is 2.33. The van der Waals surface area contributed by atoms with Crippen LogP contribution in [0.1, 0.15) is 12.5 Å². The van der Waals surface area contributed by atoms with Crippen molar-refractivity contribution in [1.82, 2.24) is 10.2 Å². The maximum Gasteiger partial charge on any atom is 0.264 e. The number of rotatable bonds is 9. The number of nitrogens with one attached hydrogen (secondary N) is 1. The summed E-state index contributed by atoms with van der Waals surface area (Å²) in [6.45, 7) is 0.790. The predicted molar refractivity (Wildman–Crippen MR) is 138 cm³/mol. The number of anilines is 1. The van der Waals surface area contributed by atoms with Gasteiger partial charge in [-0.05, 0) is 48.9 Å². The van der Waals surface area contributed by atoms with Gasteiger partial charge in [-0.15, -0.1) is 0 Å². The van der Waals surface area contributed by atoms with Crippen LogP contribution in [-0.2, 0) is 26.2 Å². The number of halogens is 3. The average molecular weight is 552 g/mol.